The second-order valence-electron chi connectivity index (χ2n) is 6.30. The van der Waals surface area contributed by atoms with Crippen LogP contribution in [0.3, 0.4) is 0 Å². The first-order valence-electron chi connectivity index (χ1n) is 8.62. The molecule has 15 N–H and O–H groups in total. The van der Waals surface area contributed by atoms with Gasteiger partial charge in [-0.1, -0.05) is 0 Å². The van der Waals surface area contributed by atoms with Gasteiger partial charge in [-0.15, -0.1) is 0 Å². The number of benzene rings is 2. The number of methoxy groups -OCH3 is 1. The summed E-state index contributed by atoms with van der Waals surface area (Å²) in [5.41, 5.74) is 32.4. The van der Waals surface area contributed by atoms with E-state index >= 15 is 0 Å². The van der Waals surface area contributed by atoms with Gasteiger partial charge in [-0.3, -0.25) is 28.7 Å². The van der Waals surface area contributed by atoms with Crippen LogP contribution >= 0.6 is 0 Å². The molecule has 0 heterocycles. The van der Waals surface area contributed by atoms with Crippen molar-refractivity contribution in [3.05, 3.63) is 35.9 Å². The zero-order chi connectivity index (χ0) is 24.3. The molecule has 0 amide bonds. The van der Waals surface area contributed by atoms with Crippen molar-refractivity contribution in [1.82, 2.24) is 0 Å². The minimum atomic E-state index is -3.62. The van der Waals surface area contributed by atoms with Crippen LogP contribution in [-0.4, -0.2) is 46.9 Å². The van der Waals surface area contributed by atoms with E-state index in [1.54, 1.807) is 0 Å². The molecule has 176 valence electrons. The smallest absolute Gasteiger partial charge is 0.453 e. The van der Waals surface area contributed by atoms with Gasteiger partial charge in [0, 0.05) is 18.2 Å². The second-order valence-corrected chi connectivity index (χ2v) is 6.30. The summed E-state index contributed by atoms with van der Waals surface area (Å²) in [6.07, 6.45) is -4.84. The molecule has 0 bridgehead atoms. The van der Waals surface area contributed by atoms with Gasteiger partial charge in [0.1, 0.15) is 22.8 Å². The number of rotatable bonds is 9. The molecule has 2 rings (SSSR count). The fraction of sp³-hybridized carbons (Fsp3) is 0.235. The number of aliphatic hydroxyl groups is 3. The topological polar surface area (TPSA) is 280 Å². The molecular formula is C17H24N6O9. The van der Waals surface area contributed by atoms with Gasteiger partial charge >= 0.3 is 12.1 Å². The Hall–Kier alpha value is -3.41. The zero-order valence-electron chi connectivity index (χ0n) is 16.7. The van der Waals surface area contributed by atoms with Crippen molar-refractivity contribution in [1.29, 1.82) is 0 Å². The zero-order valence-corrected chi connectivity index (χ0v) is 16.7. The van der Waals surface area contributed by atoms with E-state index < -0.39 is 30.2 Å². The molecule has 15 nitrogen and oxygen atoms in total. The highest BCUT2D eigenvalue weighted by atomic mass is 16.9. The molecule has 0 atom stereocenters. The lowest BCUT2D eigenvalue weighted by Gasteiger charge is -2.23. The second kappa shape index (κ2) is 9.39. The standard InChI is InChI=1S/C17H24N6O9/c1-28-14(24)13-9(18)4-8(29-15(19)20)6-12(13)30-10-3-2-7(31-16(21,22)23)5-11(10)32-17(25,26)27/h2-6,15,25-27H,18-23H2,1H3. The van der Waals surface area contributed by atoms with Crippen LogP contribution in [0.25, 0.3) is 0 Å². The summed E-state index contributed by atoms with van der Waals surface area (Å²) < 4.78 is 25.2. The average molecular weight is 456 g/mol. The fourth-order valence-electron chi connectivity index (χ4n) is 2.42. The largest absolute Gasteiger partial charge is 0.465 e. The maximum absolute atomic E-state index is 12.2. The Morgan fingerprint density at radius 1 is 0.938 bits per heavy atom. The summed E-state index contributed by atoms with van der Waals surface area (Å²) in [5, 5.41) is 27.7. The third kappa shape index (κ3) is 7.08. The Labute approximate surface area is 180 Å². The first-order chi connectivity index (χ1) is 14.7. The van der Waals surface area contributed by atoms with Crippen LogP contribution in [0.4, 0.5) is 5.69 Å². The van der Waals surface area contributed by atoms with Crippen molar-refractivity contribution < 1.29 is 43.8 Å². The molecule has 2 aromatic rings. The van der Waals surface area contributed by atoms with Gasteiger partial charge < -0.3 is 44.7 Å². The monoisotopic (exact) mass is 456 g/mol. The normalized spacial score (nSPS) is 11.8. The number of hydrogen-bond donors (Lipinski definition) is 9. The first kappa shape index (κ1) is 24.9. The molecule has 32 heavy (non-hydrogen) atoms. The average Bonchev–Trinajstić information content (AvgIpc) is 2.60. The predicted molar refractivity (Wildman–Crippen MR) is 107 cm³/mol. The number of esters is 1. The Balaban J connectivity index is 2.57. The fourth-order valence-corrected chi connectivity index (χ4v) is 2.42. The molecule has 0 fully saturated rings. The van der Waals surface area contributed by atoms with Crippen LogP contribution in [0.15, 0.2) is 30.3 Å². The van der Waals surface area contributed by atoms with Gasteiger partial charge in [-0.05, 0) is 12.1 Å². The molecule has 0 aliphatic heterocycles. The van der Waals surface area contributed by atoms with Crippen LogP contribution in [-0.2, 0) is 4.74 Å². The Morgan fingerprint density at radius 2 is 1.56 bits per heavy atom. The quantitative estimate of drug-likeness (QED) is 0.105. The van der Waals surface area contributed by atoms with Gasteiger partial charge in [0.05, 0.1) is 12.8 Å². The summed E-state index contributed by atoms with van der Waals surface area (Å²) in [7, 11) is 1.11. The number of ether oxygens (including phenoxy) is 5. The molecule has 0 radical (unpaired) electrons. The van der Waals surface area contributed by atoms with Crippen molar-refractivity contribution >= 4 is 11.7 Å². The SMILES string of the molecule is COC(=O)c1c(N)cc(OC(N)N)cc1Oc1ccc(OC(N)(N)N)cc1OC(O)(O)O. The third-order valence-electron chi connectivity index (χ3n) is 3.44. The highest BCUT2D eigenvalue weighted by Gasteiger charge is 2.27. The maximum Gasteiger partial charge on any atom is 0.453 e. The molecule has 0 saturated carbocycles. The van der Waals surface area contributed by atoms with E-state index in [0.29, 0.717) is 0 Å². The van der Waals surface area contributed by atoms with Crippen molar-refractivity contribution in [3.63, 3.8) is 0 Å². The highest BCUT2D eigenvalue weighted by molar-refractivity contribution is 5.98. The number of nitrogen functional groups attached to an aromatic ring is 1. The Morgan fingerprint density at radius 3 is 2.09 bits per heavy atom. The van der Waals surface area contributed by atoms with E-state index in [1.807, 2.05) is 0 Å². The predicted octanol–water partition coefficient (Wildman–Crippen LogP) is -2.74. The highest BCUT2D eigenvalue weighted by Crippen LogP contribution is 2.40. The summed E-state index contributed by atoms with van der Waals surface area (Å²) in [4.78, 5) is 12.2. The summed E-state index contributed by atoms with van der Waals surface area (Å²) in [5.74, 6) is -4.04. The van der Waals surface area contributed by atoms with E-state index in [9.17, 15) is 20.1 Å². The van der Waals surface area contributed by atoms with E-state index in [-0.39, 0.29) is 34.2 Å². The lowest BCUT2D eigenvalue weighted by atomic mass is 10.1. The van der Waals surface area contributed by atoms with Crippen LogP contribution in [0.2, 0.25) is 0 Å². The number of carbonyl (C=O) groups is 1. The van der Waals surface area contributed by atoms with Gasteiger partial charge in [-0.25, -0.2) is 4.79 Å². The van der Waals surface area contributed by atoms with Crippen LogP contribution in [0.1, 0.15) is 10.4 Å². The van der Waals surface area contributed by atoms with Crippen LogP contribution in [0.5, 0.6) is 28.7 Å². The molecule has 0 spiro atoms. The number of anilines is 1. The molecule has 2 aromatic carbocycles. The minimum Gasteiger partial charge on any atom is -0.465 e. The molecule has 0 unspecified atom stereocenters. The lowest BCUT2D eigenvalue weighted by molar-refractivity contribution is -0.419. The maximum atomic E-state index is 12.2. The lowest BCUT2D eigenvalue weighted by Crippen LogP contribution is -2.62. The number of hydrogen-bond acceptors (Lipinski definition) is 15. The Kier molecular flexibility index (Phi) is 7.29. The molecule has 0 saturated heterocycles. The van der Waals surface area contributed by atoms with Crippen LogP contribution < -0.4 is 53.3 Å². The van der Waals surface area contributed by atoms with Gasteiger partial charge in [-0.2, -0.15) is 0 Å². The molecular weight excluding hydrogens is 432 g/mol. The molecule has 0 aliphatic rings. The first-order valence-corrected chi connectivity index (χ1v) is 8.62. The van der Waals surface area contributed by atoms with Crippen molar-refractivity contribution in [3.8, 4) is 28.7 Å². The van der Waals surface area contributed by atoms with E-state index in [0.717, 1.165) is 13.2 Å². The van der Waals surface area contributed by atoms with E-state index in [4.69, 9.17) is 53.3 Å². The van der Waals surface area contributed by atoms with Gasteiger partial charge in [0.2, 0.25) is 6.35 Å². The van der Waals surface area contributed by atoms with E-state index in [2.05, 4.69) is 4.74 Å². The molecule has 0 aliphatic carbocycles. The Bertz CT molecular complexity index is 972. The molecule has 0 aromatic heterocycles. The summed E-state index contributed by atoms with van der Waals surface area (Å²) >= 11 is 0. The van der Waals surface area contributed by atoms with Gasteiger partial charge in [0.25, 0.3) is 5.97 Å². The van der Waals surface area contributed by atoms with Crippen molar-refractivity contribution in [2.45, 2.75) is 18.5 Å². The number of nitrogens with two attached hydrogens (primary N) is 6. The molecule has 15 heteroatoms. The van der Waals surface area contributed by atoms with E-state index in [1.165, 1.54) is 24.3 Å². The third-order valence-corrected chi connectivity index (χ3v) is 3.44. The van der Waals surface area contributed by atoms with Crippen LogP contribution in [0, 0.1) is 0 Å². The summed E-state index contributed by atoms with van der Waals surface area (Å²) in [6.45, 7) is 0. The van der Waals surface area contributed by atoms with Gasteiger partial charge in [0.15, 0.2) is 11.5 Å². The van der Waals surface area contributed by atoms with Crippen molar-refractivity contribution in [2.24, 2.45) is 28.7 Å². The number of carbonyl (C=O) groups excluding carboxylic acids is 1. The summed E-state index contributed by atoms with van der Waals surface area (Å²) in [6, 6.07) is 5.91. The van der Waals surface area contributed by atoms with Crippen molar-refractivity contribution in [2.75, 3.05) is 12.8 Å². The minimum absolute atomic E-state index is 0.0302.